The van der Waals surface area contributed by atoms with Gasteiger partial charge in [-0.05, 0) is 12.3 Å². The van der Waals surface area contributed by atoms with E-state index < -0.39 is 10.8 Å². The molecule has 1 saturated carbocycles. The number of rotatable bonds is 0. The molecule has 0 aromatic carbocycles. The van der Waals surface area contributed by atoms with E-state index in [-0.39, 0.29) is 17.1 Å². The lowest BCUT2D eigenvalue weighted by Gasteiger charge is -2.29. The van der Waals surface area contributed by atoms with Crippen LogP contribution >= 0.6 is 34.8 Å². The Morgan fingerprint density at radius 2 is 1.91 bits per heavy atom. The van der Waals surface area contributed by atoms with Gasteiger partial charge in [-0.1, -0.05) is 6.92 Å². The molecule has 0 aliphatic heterocycles. The molecule has 1 aliphatic rings. The molecule has 1 aliphatic carbocycles. The van der Waals surface area contributed by atoms with E-state index in [4.69, 9.17) is 34.8 Å². The molecule has 0 heterocycles. The Hall–Kier alpha value is 0.540. The molecule has 64 valence electrons. The van der Waals surface area contributed by atoms with E-state index in [1.165, 1.54) is 0 Å². The van der Waals surface area contributed by atoms with Crippen molar-refractivity contribution >= 4 is 40.6 Å². The van der Waals surface area contributed by atoms with Gasteiger partial charge in [-0.15, -0.1) is 34.8 Å². The van der Waals surface area contributed by atoms with Crippen molar-refractivity contribution < 1.29 is 4.79 Å². The average molecular weight is 216 g/mol. The van der Waals surface area contributed by atoms with E-state index in [0.29, 0.717) is 6.42 Å². The topological polar surface area (TPSA) is 17.1 Å². The van der Waals surface area contributed by atoms with Crippen LogP contribution in [0.15, 0.2) is 0 Å². The monoisotopic (exact) mass is 214 g/mol. The molecule has 0 aromatic rings. The summed E-state index contributed by atoms with van der Waals surface area (Å²) in [6.45, 7) is 1.95. The molecule has 0 spiro atoms. The third kappa shape index (κ3) is 1.82. The second-order valence-electron chi connectivity index (χ2n) is 2.93. The molecule has 0 radical (unpaired) electrons. The first-order valence-corrected chi connectivity index (χ1v) is 4.81. The van der Waals surface area contributed by atoms with Gasteiger partial charge >= 0.3 is 0 Å². The number of ketones is 1. The normalized spacial score (nSPS) is 46.0. The van der Waals surface area contributed by atoms with Crippen molar-refractivity contribution in [1.82, 2.24) is 0 Å². The van der Waals surface area contributed by atoms with Crippen molar-refractivity contribution in [2.75, 3.05) is 0 Å². The summed E-state index contributed by atoms with van der Waals surface area (Å²) >= 11 is 17.3. The lowest BCUT2D eigenvalue weighted by atomic mass is 9.88. The minimum absolute atomic E-state index is 0.133. The van der Waals surface area contributed by atoms with E-state index in [1.807, 2.05) is 6.92 Å². The molecule has 4 heteroatoms. The Morgan fingerprint density at radius 3 is 2.45 bits per heavy atom. The summed E-state index contributed by atoms with van der Waals surface area (Å²) in [6.07, 6.45) is 0.637. The van der Waals surface area contributed by atoms with Crippen molar-refractivity contribution in [3.8, 4) is 0 Å². The molecule has 4 atom stereocenters. The van der Waals surface area contributed by atoms with E-state index in [1.54, 1.807) is 0 Å². The summed E-state index contributed by atoms with van der Waals surface area (Å²) in [4.78, 5) is 11.1. The fourth-order valence-electron chi connectivity index (χ4n) is 1.19. The van der Waals surface area contributed by atoms with Gasteiger partial charge in [-0.2, -0.15) is 0 Å². The van der Waals surface area contributed by atoms with Gasteiger partial charge in [0.2, 0.25) is 0 Å². The third-order valence-corrected chi connectivity index (χ3v) is 3.67. The number of hydrogen-bond acceptors (Lipinski definition) is 1. The van der Waals surface area contributed by atoms with Crippen LogP contribution in [-0.2, 0) is 4.79 Å². The van der Waals surface area contributed by atoms with Crippen molar-refractivity contribution in [2.45, 2.75) is 29.5 Å². The van der Waals surface area contributed by atoms with Crippen molar-refractivity contribution in [3.63, 3.8) is 0 Å². The van der Waals surface area contributed by atoms with Gasteiger partial charge in [0.25, 0.3) is 0 Å². The number of hydrogen-bond donors (Lipinski definition) is 0. The predicted octanol–water partition coefficient (Wildman–Crippen LogP) is 2.42. The Kier molecular flexibility index (Phi) is 3.07. The molecule has 1 fully saturated rings. The molecule has 1 nitrogen and oxygen atoms in total. The van der Waals surface area contributed by atoms with Crippen molar-refractivity contribution in [2.24, 2.45) is 5.92 Å². The number of alkyl halides is 3. The highest BCUT2D eigenvalue weighted by Gasteiger charge is 2.39. The standard InChI is InChI=1S/C7H9Cl3O/c1-3-2-4(8)7(11)6(10)5(3)9/h3-6H,2H2,1H3/t3-,4-,5-,6-/m0/s1. The van der Waals surface area contributed by atoms with Crippen LogP contribution in [0, 0.1) is 5.92 Å². The zero-order chi connectivity index (χ0) is 8.59. The molecule has 0 saturated heterocycles. The summed E-state index contributed by atoms with van der Waals surface area (Å²) in [7, 11) is 0. The molecule has 0 amide bonds. The van der Waals surface area contributed by atoms with Crippen LogP contribution in [0.4, 0.5) is 0 Å². The lowest BCUT2D eigenvalue weighted by Crippen LogP contribution is -2.42. The second-order valence-corrected chi connectivity index (χ2v) is 4.43. The van der Waals surface area contributed by atoms with E-state index >= 15 is 0 Å². The van der Waals surface area contributed by atoms with Crippen LogP contribution in [-0.4, -0.2) is 21.9 Å². The maximum absolute atomic E-state index is 11.1. The van der Waals surface area contributed by atoms with Gasteiger partial charge in [-0.25, -0.2) is 0 Å². The van der Waals surface area contributed by atoms with Crippen molar-refractivity contribution in [3.05, 3.63) is 0 Å². The summed E-state index contributed by atoms with van der Waals surface area (Å²) in [5.74, 6) is 0.0887. The fourth-order valence-corrected chi connectivity index (χ4v) is 2.30. The van der Waals surface area contributed by atoms with Gasteiger partial charge in [0.1, 0.15) is 5.38 Å². The second kappa shape index (κ2) is 3.51. The number of carbonyl (C=O) groups excluding carboxylic acids is 1. The van der Waals surface area contributed by atoms with E-state index in [9.17, 15) is 4.79 Å². The minimum Gasteiger partial charge on any atom is -0.296 e. The van der Waals surface area contributed by atoms with Crippen LogP contribution in [0.1, 0.15) is 13.3 Å². The molecule has 0 unspecified atom stereocenters. The minimum atomic E-state index is -0.608. The van der Waals surface area contributed by atoms with Crippen LogP contribution in [0.25, 0.3) is 0 Å². The Morgan fingerprint density at radius 1 is 1.36 bits per heavy atom. The highest BCUT2D eigenvalue weighted by Crippen LogP contribution is 2.32. The molecular formula is C7H9Cl3O. The molecule has 0 aromatic heterocycles. The van der Waals surface area contributed by atoms with Crippen LogP contribution in [0.2, 0.25) is 0 Å². The molecule has 1 rings (SSSR count). The van der Waals surface area contributed by atoms with Gasteiger partial charge in [0, 0.05) is 0 Å². The first kappa shape index (κ1) is 9.63. The molecule has 0 N–H and O–H groups in total. The average Bonchev–Trinajstić information content (AvgIpc) is 1.97. The highest BCUT2D eigenvalue weighted by atomic mass is 35.5. The maximum atomic E-state index is 11.1. The van der Waals surface area contributed by atoms with E-state index in [0.717, 1.165) is 0 Å². The molecule has 0 bridgehead atoms. The first-order chi connectivity index (χ1) is 5.04. The number of Topliss-reactive ketones (excluding diaryl/α,β-unsaturated/α-hetero) is 1. The molecular weight excluding hydrogens is 206 g/mol. The van der Waals surface area contributed by atoms with Crippen LogP contribution in [0.5, 0.6) is 0 Å². The highest BCUT2D eigenvalue weighted by molar-refractivity contribution is 6.44. The van der Waals surface area contributed by atoms with Crippen molar-refractivity contribution in [1.29, 1.82) is 0 Å². The fraction of sp³-hybridized carbons (Fsp3) is 0.857. The third-order valence-electron chi connectivity index (χ3n) is 1.98. The zero-order valence-electron chi connectivity index (χ0n) is 6.06. The van der Waals surface area contributed by atoms with Crippen LogP contribution in [0.3, 0.4) is 0 Å². The summed E-state index contributed by atoms with van der Waals surface area (Å²) < 4.78 is 0. The quantitative estimate of drug-likeness (QED) is 0.567. The summed E-state index contributed by atoms with van der Waals surface area (Å²) in [6, 6.07) is 0. The smallest absolute Gasteiger partial charge is 0.169 e. The van der Waals surface area contributed by atoms with Gasteiger partial charge < -0.3 is 0 Å². The van der Waals surface area contributed by atoms with Gasteiger partial charge in [0.05, 0.1) is 10.8 Å². The predicted molar refractivity (Wildman–Crippen MR) is 47.7 cm³/mol. The van der Waals surface area contributed by atoms with Crippen LogP contribution < -0.4 is 0 Å². The maximum Gasteiger partial charge on any atom is 0.169 e. The number of halogens is 3. The largest absolute Gasteiger partial charge is 0.296 e. The number of carbonyl (C=O) groups is 1. The Labute approximate surface area is 81.0 Å². The van der Waals surface area contributed by atoms with Gasteiger partial charge in [-0.3, -0.25) is 4.79 Å². The summed E-state index contributed by atoms with van der Waals surface area (Å²) in [5, 5.41) is -1.32. The SMILES string of the molecule is C[C@H]1C[C@H](Cl)C(=O)[C@@H](Cl)[C@H]1Cl. The summed E-state index contributed by atoms with van der Waals surface area (Å²) in [5.41, 5.74) is 0. The first-order valence-electron chi connectivity index (χ1n) is 3.50. The van der Waals surface area contributed by atoms with Gasteiger partial charge in [0.15, 0.2) is 5.78 Å². The lowest BCUT2D eigenvalue weighted by molar-refractivity contribution is -0.120. The zero-order valence-corrected chi connectivity index (χ0v) is 8.33. The molecule has 11 heavy (non-hydrogen) atoms. The Balaban J connectivity index is 2.70. The van der Waals surface area contributed by atoms with E-state index in [2.05, 4.69) is 0 Å². The Bertz CT molecular complexity index is 171.